The van der Waals surface area contributed by atoms with Gasteiger partial charge in [0.05, 0.1) is 11.9 Å². The molecule has 0 aliphatic heterocycles. The lowest BCUT2D eigenvalue weighted by Gasteiger charge is -2.10. The third-order valence-corrected chi connectivity index (χ3v) is 4.01. The Morgan fingerprint density at radius 3 is 2.40 bits per heavy atom. The predicted molar refractivity (Wildman–Crippen MR) is 104 cm³/mol. The lowest BCUT2D eigenvalue weighted by Crippen LogP contribution is -2.00. The highest BCUT2D eigenvalue weighted by molar-refractivity contribution is 5.84. The Morgan fingerprint density at radius 1 is 0.880 bits per heavy atom. The first-order chi connectivity index (χ1) is 12.2. The van der Waals surface area contributed by atoms with E-state index in [1.54, 1.807) is 6.21 Å². The molecular weight excluding hydrogens is 308 g/mol. The molecule has 25 heavy (non-hydrogen) atoms. The number of aryl methyl sites for hydroxylation is 2. The number of rotatable bonds is 6. The topological polar surface area (TPSA) is 33.6 Å². The van der Waals surface area contributed by atoms with Crippen molar-refractivity contribution in [2.24, 2.45) is 5.10 Å². The highest BCUT2D eigenvalue weighted by atomic mass is 16.5. The van der Waals surface area contributed by atoms with Crippen LogP contribution in [-0.4, -0.2) is 6.21 Å². The Bertz CT molecular complexity index is 854. The van der Waals surface area contributed by atoms with Crippen LogP contribution >= 0.6 is 0 Å². The van der Waals surface area contributed by atoms with Crippen LogP contribution in [0.4, 0.5) is 5.69 Å². The first-order valence-electron chi connectivity index (χ1n) is 8.34. The SMILES string of the molecule is Cc1ccc(NN=Cc2ccccc2OCc2ccccc2C)cc1. The minimum atomic E-state index is 0.545. The maximum absolute atomic E-state index is 6.00. The van der Waals surface area contributed by atoms with Crippen LogP contribution < -0.4 is 10.2 Å². The fraction of sp³-hybridized carbons (Fsp3) is 0.136. The fourth-order valence-electron chi connectivity index (χ4n) is 2.45. The monoisotopic (exact) mass is 330 g/mol. The molecule has 0 heterocycles. The van der Waals surface area contributed by atoms with Crippen LogP contribution in [0, 0.1) is 13.8 Å². The Balaban J connectivity index is 1.67. The number of para-hydroxylation sites is 1. The molecule has 3 aromatic carbocycles. The highest BCUT2D eigenvalue weighted by Gasteiger charge is 2.03. The number of hydrogen-bond donors (Lipinski definition) is 1. The van der Waals surface area contributed by atoms with Crippen molar-refractivity contribution in [2.75, 3.05) is 5.43 Å². The van der Waals surface area contributed by atoms with Gasteiger partial charge in [-0.05, 0) is 49.2 Å². The maximum atomic E-state index is 6.00. The van der Waals surface area contributed by atoms with Gasteiger partial charge in [0.25, 0.3) is 0 Å². The summed E-state index contributed by atoms with van der Waals surface area (Å²) < 4.78 is 6.00. The number of hydrogen-bond acceptors (Lipinski definition) is 3. The fourth-order valence-corrected chi connectivity index (χ4v) is 2.45. The van der Waals surface area contributed by atoms with Gasteiger partial charge >= 0.3 is 0 Å². The number of nitrogens with one attached hydrogen (secondary N) is 1. The van der Waals surface area contributed by atoms with Crippen LogP contribution in [-0.2, 0) is 6.61 Å². The highest BCUT2D eigenvalue weighted by Crippen LogP contribution is 2.19. The molecule has 1 N–H and O–H groups in total. The molecule has 0 saturated heterocycles. The lowest BCUT2D eigenvalue weighted by molar-refractivity contribution is 0.305. The van der Waals surface area contributed by atoms with Gasteiger partial charge in [0.2, 0.25) is 0 Å². The number of ether oxygens (including phenoxy) is 1. The van der Waals surface area contributed by atoms with E-state index in [1.807, 2.05) is 48.5 Å². The molecule has 0 radical (unpaired) electrons. The molecule has 0 spiro atoms. The van der Waals surface area contributed by atoms with E-state index in [0.717, 1.165) is 17.0 Å². The first-order valence-corrected chi connectivity index (χ1v) is 8.34. The summed E-state index contributed by atoms with van der Waals surface area (Å²) in [7, 11) is 0. The van der Waals surface area contributed by atoms with E-state index in [-0.39, 0.29) is 0 Å². The Kier molecular flexibility index (Phi) is 5.47. The zero-order chi connectivity index (χ0) is 17.5. The van der Waals surface area contributed by atoms with Crippen LogP contribution in [0.15, 0.2) is 77.9 Å². The molecule has 0 bridgehead atoms. The van der Waals surface area contributed by atoms with Crippen LogP contribution in [0.25, 0.3) is 0 Å². The molecule has 0 aliphatic rings. The average Bonchev–Trinajstić information content (AvgIpc) is 2.64. The van der Waals surface area contributed by atoms with Gasteiger partial charge in [-0.25, -0.2) is 0 Å². The van der Waals surface area contributed by atoms with Crippen molar-refractivity contribution in [1.82, 2.24) is 0 Å². The van der Waals surface area contributed by atoms with Crippen molar-refractivity contribution < 1.29 is 4.74 Å². The van der Waals surface area contributed by atoms with Crippen LogP contribution in [0.1, 0.15) is 22.3 Å². The third-order valence-electron chi connectivity index (χ3n) is 4.01. The molecular formula is C22H22N2O. The van der Waals surface area contributed by atoms with E-state index in [2.05, 4.69) is 48.6 Å². The van der Waals surface area contributed by atoms with Gasteiger partial charge in [-0.1, -0.05) is 54.1 Å². The summed E-state index contributed by atoms with van der Waals surface area (Å²) in [4.78, 5) is 0. The van der Waals surface area contributed by atoms with E-state index < -0.39 is 0 Å². The second-order valence-electron chi connectivity index (χ2n) is 5.99. The zero-order valence-electron chi connectivity index (χ0n) is 14.6. The van der Waals surface area contributed by atoms with Gasteiger partial charge in [0.1, 0.15) is 12.4 Å². The van der Waals surface area contributed by atoms with E-state index in [0.29, 0.717) is 6.61 Å². The number of benzene rings is 3. The Morgan fingerprint density at radius 2 is 1.60 bits per heavy atom. The minimum Gasteiger partial charge on any atom is -0.488 e. The molecule has 3 nitrogen and oxygen atoms in total. The number of hydrazone groups is 1. The Labute approximate surface area is 149 Å². The third kappa shape index (κ3) is 4.70. The largest absolute Gasteiger partial charge is 0.488 e. The molecule has 126 valence electrons. The average molecular weight is 330 g/mol. The molecule has 0 amide bonds. The molecule has 0 saturated carbocycles. The van der Waals surface area contributed by atoms with Gasteiger partial charge in [0.15, 0.2) is 0 Å². The van der Waals surface area contributed by atoms with Crippen LogP contribution in [0.5, 0.6) is 5.75 Å². The normalized spacial score (nSPS) is 10.8. The summed E-state index contributed by atoms with van der Waals surface area (Å²) >= 11 is 0. The van der Waals surface area contributed by atoms with Gasteiger partial charge < -0.3 is 4.74 Å². The summed E-state index contributed by atoms with van der Waals surface area (Å²) in [5, 5.41) is 4.32. The minimum absolute atomic E-state index is 0.545. The van der Waals surface area contributed by atoms with Gasteiger partial charge in [-0.15, -0.1) is 0 Å². The predicted octanol–water partition coefficient (Wildman–Crippen LogP) is 5.33. The molecule has 0 unspecified atom stereocenters. The smallest absolute Gasteiger partial charge is 0.128 e. The van der Waals surface area contributed by atoms with E-state index >= 15 is 0 Å². The number of nitrogens with zero attached hydrogens (tertiary/aromatic N) is 1. The second kappa shape index (κ2) is 8.15. The summed E-state index contributed by atoms with van der Waals surface area (Å²) in [6.45, 7) is 4.70. The van der Waals surface area contributed by atoms with Crippen molar-refractivity contribution >= 4 is 11.9 Å². The van der Waals surface area contributed by atoms with Crippen molar-refractivity contribution in [1.29, 1.82) is 0 Å². The summed E-state index contributed by atoms with van der Waals surface area (Å²) in [6, 6.07) is 24.3. The van der Waals surface area contributed by atoms with E-state index in [9.17, 15) is 0 Å². The summed E-state index contributed by atoms with van der Waals surface area (Å²) in [5.41, 5.74) is 8.59. The molecule has 3 rings (SSSR count). The van der Waals surface area contributed by atoms with E-state index in [1.165, 1.54) is 16.7 Å². The van der Waals surface area contributed by atoms with Crippen molar-refractivity contribution in [2.45, 2.75) is 20.5 Å². The molecule has 0 atom stereocenters. The second-order valence-corrected chi connectivity index (χ2v) is 5.99. The van der Waals surface area contributed by atoms with Crippen molar-refractivity contribution in [3.63, 3.8) is 0 Å². The Hall–Kier alpha value is -3.07. The summed E-state index contributed by atoms with van der Waals surface area (Å²) in [5.74, 6) is 0.820. The molecule has 0 fully saturated rings. The number of anilines is 1. The zero-order valence-corrected chi connectivity index (χ0v) is 14.6. The van der Waals surface area contributed by atoms with Gasteiger partial charge in [0, 0.05) is 5.56 Å². The van der Waals surface area contributed by atoms with Gasteiger partial charge in [-0.3, -0.25) is 5.43 Å². The van der Waals surface area contributed by atoms with Crippen LogP contribution in [0.2, 0.25) is 0 Å². The van der Waals surface area contributed by atoms with Crippen molar-refractivity contribution in [3.8, 4) is 5.75 Å². The lowest BCUT2D eigenvalue weighted by atomic mass is 10.1. The standard InChI is InChI=1S/C22H22N2O/c1-17-11-13-21(14-12-17)24-23-15-19-8-5-6-10-22(19)25-16-20-9-4-3-7-18(20)2/h3-15,24H,16H2,1-2H3. The molecule has 0 aliphatic carbocycles. The van der Waals surface area contributed by atoms with Crippen molar-refractivity contribution in [3.05, 3.63) is 95.1 Å². The van der Waals surface area contributed by atoms with Crippen LogP contribution in [0.3, 0.4) is 0 Å². The van der Waals surface area contributed by atoms with E-state index in [4.69, 9.17) is 4.74 Å². The maximum Gasteiger partial charge on any atom is 0.128 e. The first kappa shape index (κ1) is 16.8. The van der Waals surface area contributed by atoms with Gasteiger partial charge in [-0.2, -0.15) is 5.10 Å². The summed E-state index contributed by atoms with van der Waals surface area (Å²) in [6.07, 6.45) is 1.78. The molecule has 3 aromatic rings. The quantitative estimate of drug-likeness (QED) is 0.489. The molecule has 0 aromatic heterocycles. The molecule has 3 heteroatoms.